The van der Waals surface area contributed by atoms with E-state index in [1.54, 1.807) is 11.3 Å². The first kappa shape index (κ1) is 15.1. The van der Waals surface area contributed by atoms with E-state index < -0.39 is 0 Å². The van der Waals surface area contributed by atoms with Gasteiger partial charge in [0.25, 0.3) is 0 Å². The Kier molecular flexibility index (Phi) is 4.68. The van der Waals surface area contributed by atoms with Gasteiger partial charge in [-0.25, -0.2) is 0 Å². The van der Waals surface area contributed by atoms with E-state index in [2.05, 4.69) is 48.8 Å². The third-order valence-electron chi connectivity index (χ3n) is 4.44. The summed E-state index contributed by atoms with van der Waals surface area (Å²) in [6.07, 6.45) is 4.09. The molecule has 1 aromatic carbocycles. The first-order chi connectivity index (χ1) is 10.2. The molecule has 1 saturated carbocycles. The van der Waals surface area contributed by atoms with E-state index in [9.17, 15) is 0 Å². The van der Waals surface area contributed by atoms with E-state index in [-0.39, 0.29) is 6.04 Å². The monoisotopic (exact) mass is 319 g/mol. The molecule has 1 unspecified atom stereocenters. The van der Waals surface area contributed by atoms with Crippen LogP contribution in [0, 0.1) is 6.92 Å². The Bertz CT molecular complexity index is 598. The molecule has 3 rings (SSSR count). The van der Waals surface area contributed by atoms with Crippen molar-refractivity contribution >= 4 is 22.9 Å². The lowest BCUT2D eigenvalue weighted by Crippen LogP contribution is -2.21. The highest BCUT2D eigenvalue weighted by Gasteiger charge is 2.22. The third-order valence-corrected chi connectivity index (χ3v) is 6.22. The summed E-state index contributed by atoms with van der Waals surface area (Å²) < 4.78 is 0. The molecule has 112 valence electrons. The number of hydrogen-bond acceptors (Lipinski definition) is 2. The van der Waals surface area contributed by atoms with Crippen molar-refractivity contribution < 1.29 is 0 Å². The van der Waals surface area contributed by atoms with Gasteiger partial charge in [-0.05, 0) is 54.3 Å². The summed E-state index contributed by atoms with van der Waals surface area (Å²) in [5, 5.41) is 6.63. The second-order valence-electron chi connectivity index (χ2n) is 5.88. The smallest absolute Gasteiger partial charge is 0.0686 e. The number of nitrogens with one attached hydrogen (secondary N) is 1. The third kappa shape index (κ3) is 3.03. The molecule has 1 aliphatic rings. The van der Waals surface area contributed by atoms with Gasteiger partial charge in [0, 0.05) is 4.88 Å². The van der Waals surface area contributed by atoms with E-state index in [1.807, 2.05) is 0 Å². The maximum Gasteiger partial charge on any atom is 0.0686 e. The zero-order valence-corrected chi connectivity index (χ0v) is 14.2. The predicted molar refractivity (Wildman–Crippen MR) is 92.6 cm³/mol. The van der Waals surface area contributed by atoms with Crippen LogP contribution in [-0.2, 0) is 0 Å². The standard InChI is InChI=1S/C18H22ClNS/c1-3-20-17(18-16(19)12(2)11-21-18)15-9-7-14(8-10-15)13-5-4-6-13/h7-11,13,17,20H,3-6H2,1-2H3. The van der Waals surface area contributed by atoms with Crippen LogP contribution in [-0.4, -0.2) is 6.54 Å². The first-order valence-electron chi connectivity index (χ1n) is 7.77. The zero-order valence-electron chi connectivity index (χ0n) is 12.7. The van der Waals surface area contributed by atoms with Crippen LogP contribution in [0.1, 0.15) is 59.7 Å². The predicted octanol–water partition coefficient (Wildman–Crippen LogP) is 5.68. The molecule has 3 heteroatoms. The fourth-order valence-electron chi connectivity index (χ4n) is 2.91. The van der Waals surface area contributed by atoms with Crippen molar-refractivity contribution in [1.29, 1.82) is 0 Å². The molecule has 0 radical (unpaired) electrons. The highest BCUT2D eigenvalue weighted by molar-refractivity contribution is 7.10. The molecule has 1 atom stereocenters. The van der Waals surface area contributed by atoms with Crippen molar-refractivity contribution in [2.24, 2.45) is 0 Å². The summed E-state index contributed by atoms with van der Waals surface area (Å²) in [7, 11) is 0. The molecular weight excluding hydrogens is 298 g/mol. The van der Waals surface area contributed by atoms with Gasteiger partial charge in [-0.1, -0.05) is 49.2 Å². The molecule has 1 nitrogen and oxygen atoms in total. The molecule has 1 N–H and O–H groups in total. The van der Waals surface area contributed by atoms with Crippen LogP contribution in [0.15, 0.2) is 29.6 Å². The van der Waals surface area contributed by atoms with Crippen molar-refractivity contribution in [3.05, 3.63) is 56.2 Å². The van der Waals surface area contributed by atoms with Gasteiger partial charge in [0.15, 0.2) is 0 Å². The summed E-state index contributed by atoms with van der Waals surface area (Å²) in [6, 6.07) is 9.35. The molecule has 0 saturated heterocycles. The zero-order chi connectivity index (χ0) is 14.8. The van der Waals surface area contributed by atoms with E-state index in [0.29, 0.717) is 0 Å². The summed E-state index contributed by atoms with van der Waals surface area (Å²) in [6.45, 7) is 5.15. The van der Waals surface area contributed by atoms with Crippen LogP contribution >= 0.6 is 22.9 Å². The van der Waals surface area contributed by atoms with Crippen molar-refractivity contribution in [3.8, 4) is 0 Å². The number of halogens is 1. The number of benzene rings is 1. The van der Waals surface area contributed by atoms with Gasteiger partial charge < -0.3 is 5.32 Å². The number of aryl methyl sites for hydroxylation is 1. The Labute approximate surface area is 136 Å². The summed E-state index contributed by atoms with van der Waals surface area (Å²) in [5.41, 5.74) is 3.98. The maximum atomic E-state index is 6.47. The van der Waals surface area contributed by atoms with Gasteiger partial charge in [0.2, 0.25) is 0 Å². The number of hydrogen-bond donors (Lipinski definition) is 1. The lowest BCUT2D eigenvalue weighted by molar-refractivity contribution is 0.419. The molecule has 1 aromatic heterocycles. The SMILES string of the molecule is CCNC(c1ccc(C2CCC2)cc1)c1scc(C)c1Cl. The molecule has 1 aliphatic carbocycles. The second-order valence-corrected chi connectivity index (χ2v) is 7.17. The van der Waals surface area contributed by atoms with Gasteiger partial charge in [-0.2, -0.15) is 0 Å². The Morgan fingerprint density at radius 1 is 1.29 bits per heavy atom. The highest BCUT2D eigenvalue weighted by atomic mass is 35.5. The Morgan fingerprint density at radius 3 is 2.48 bits per heavy atom. The van der Waals surface area contributed by atoms with Crippen molar-refractivity contribution in [1.82, 2.24) is 5.32 Å². The van der Waals surface area contributed by atoms with Crippen LogP contribution in [0.2, 0.25) is 5.02 Å². The van der Waals surface area contributed by atoms with Crippen LogP contribution in [0.25, 0.3) is 0 Å². The van der Waals surface area contributed by atoms with Gasteiger partial charge in [0.05, 0.1) is 11.1 Å². The molecule has 0 amide bonds. The molecular formula is C18H22ClNS. The van der Waals surface area contributed by atoms with E-state index in [1.165, 1.54) is 40.8 Å². The Balaban J connectivity index is 1.88. The fraction of sp³-hybridized carbons (Fsp3) is 0.444. The minimum atomic E-state index is 0.205. The minimum Gasteiger partial charge on any atom is -0.306 e. The highest BCUT2D eigenvalue weighted by Crippen LogP contribution is 2.38. The number of thiophene rings is 1. The normalized spacial score (nSPS) is 16.7. The van der Waals surface area contributed by atoms with Crippen LogP contribution in [0.3, 0.4) is 0 Å². The Hall–Kier alpha value is -0.830. The molecule has 0 aliphatic heterocycles. The molecule has 21 heavy (non-hydrogen) atoms. The van der Waals surface area contributed by atoms with Crippen LogP contribution < -0.4 is 5.32 Å². The first-order valence-corrected chi connectivity index (χ1v) is 9.03. The maximum absolute atomic E-state index is 6.47. The van der Waals surface area contributed by atoms with Crippen molar-refractivity contribution in [2.45, 2.75) is 45.1 Å². The fourth-order valence-corrected chi connectivity index (χ4v) is 4.32. The van der Waals surface area contributed by atoms with Gasteiger partial charge >= 0.3 is 0 Å². The summed E-state index contributed by atoms with van der Waals surface area (Å²) >= 11 is 8.22. The molecule has 0 spiro atoms. The molecule has 1 fully saturated rings. The van der Waals surface area contributed by atoms with Gasteiger partial charge in [-0.15, -0.1) is 11.3 Å². The Morgan fingerprint density at radius 2 is 2.00 bits per heavy atom. The number of rotatable bonds is 5. The van der Waals surface area contributed by atoms with Gasteiger partial charge in [-0.3, -0.25) is 0 Å². The minimum absolute atomic E-state index is 0.205. The van der Waals surface area contributed by atoms with E-state index >= 15 is 0 Å². The van der Waals surface area contributed by atoms with E-state index in [4.69, 9.17) is 11.6 Å². The molecule has 1 heterocycles. The lowest BCUT2D eigenvalue weighted by Gasteiger charge is -2.26. The average molecular weight is 320 g/mol. The van der Waals surface area contributed by atoms with Crippen molar-refractivity contribution in [2.75, 3.05) is 6.54 Å². The summed E-state index contributed by atoms with van der Waals surface area (Å²) in [5.74, 6) is 0.796. The van der Waals surface area contributed by atoms with Gasteiger partial charge in [0.1, 0.15) is 0 Å². The summed E-state index contributed by atoms with van der Waals surface area (Å²) in [4.78, 5) is 1.23. The molecule has 2 aromatic rings. The second kappa shape index (κ2) is 6.51. The lowest BCUT2D eigenvalue weighted by atomic mass is 9.80. The van der Waals surface area contributed by atoms with Crippen LogP contribution in [0.5, 0.6) is 0 Å². The average Bonchev–Trinajstić information content (AvgIpc) is 2.76. The topological polar surface area (TPSA) is 12.0 Å². The van der Waals surface area contributed by atoms with Crippen molar-refractivity contribution in [3.63, 3.8) is 0 Å². The van der Waals surface area contributed by atoms with E-state index in [0.717, 1.165) is 17.5 Å². The quantitative estimate of drug-likeness (QED) is 0.748. The largest absolute Gasteiger partial charge is 0.306 e. The molecule has 0 bridgehead atoms. The van der Waals surface area contributed by atoms with Crippen LogP contribution in [0.4, 0.5) is 0 Å².